The van der Waals surface area contributed by atoms with Gasteiger partial charge in [-0.25, -0.2) is 12.8 Å². The minimum Gasteiger partial charge on any atom is -0.354 e. The van der Waals surface area contributed by atoms with Gasteiger partial charge in [0.15, 0.2) is 0 Å². The van der Waals surface area contributed by atoms with Crippen LogP contribution in [0.15, 0.2) is 83.3 Å². The summed E-state index contributed by atoms with van der Waals surface area (Å²) in [6.07, 6.45) is 2.87. The molecular formula is C29H33BrFN3O4S. The summed E-state index contributed by atoms with van der Waals surface area (Å²) in [7, 11) is -3.95. The number of carbonyl (C=O) groups is 2. The molecule has 0 radical (unpaired) electrons. The van der Waals surface area contributed by atoms with Crippen molar-refractivity contribution in [2.24, 2.45) is 0 Å². The highest BCUT2D eigenvalue weighted by Crippen LogP contribution is 2.22. The summed E-state index contributed by atoms with van der Waals surface area (Å²) in [6, 6.07) is 20.8. The Hall–Kier alpha value is -3.24. The maximum absolute atomic E-state index is 14.0. The van der Waals surface area contributed by atoms with E-state index in [4.69, 9.17) is 0 Å². The number of benzene rings is 3. The average Bonchev–Trinajstić information content (AvgIpc) is 2.89. The molecule has 0 aliphatic carbocycles. The highest BCUT2D eigenvalue weighted by Gasteiger charge is 2.33. The zero-order valence-corrected chi connectivity index (χ0v) is 24.4. The Morgan fingerprint density at radius 3 is 2.31 bits per heavy atom. The van der Waals surface area contributed by atoms with Gasteiger partial charge in [-0.15, -0.1) is 0 Å². The lowest BCUT2D eigenvalue weighted by Gasteiger charge is -2.33. The predicted molar refractivity (Wildman–Crippen MR) is 155 cm³/mol. The first-order valence-corrected chi connectivity index (χ1v) is 15.3. The lowest BCUT2D eigenvalue weighted by Crippen LogP contribution is -2.53. The maximum Gasteiger partial charge on any atom is 0.244 e. The van der Waals surface area contributed by atoms with E-state index in [1.54, 1.807) is 0 Å². The Morgan fingerprint density at radius 2 is 1.67 bits per heavy atom. The highest BCUT2D eigenvalue weighted by atomic mass is 79.9. The van der Waals surface area contributed by atoms with Gasteiger partial charge in [-0.05, 0) is 47.9 Å². The molecule has 7 nitrogen and oxygen atoms in total. The van der Waals surface area contributed by atoms with E-state index in [2.05, 4.69) is 21.2 Å². The summed E-state index contributed by atoms with van der Waals surface area (Å²) in [4.78, 5) is 28.9. The molecule has 0 heterocycles. The molecule has 0 aliphatic rings. The number of sulfonamides is 1. The smallest absolute Gasteiger partial charge is 0.244 e. The van der Waals surface area contributed by atoms with Gasteiger partial charge < -0.3 is 10.2 Å². The molecule has 1 N–H and O–H groups in total. The van der Waals surface area contributed by atoms with Crippen LogP contribution < -0.4 is 9.62 Å². The molecule has 10 heteroatoms. The summed E-state index contributed by atoms with van der Waals surface area (Å²) in [5.41, 5.74) is 1.64. The average molecular weight is 619 g/mol. The fourth-order valence-electron chi connectivity index (χ4n) is 4.14. The number of hydrogen-bond donors (Lipinski definition) is 1. The number of hydrogen-bond acceptors (Lipinski definition) is 4. The van der Waals surface area contributed by atoms with Crippen molar-refractivity contribution < 1.29 is 22.4 Å². The quantitative estimate of drug-likeness (QED) is 0.276. The van der Waals surface area contributed by atoms with Gasteiger partial charge in [0.25, 0.3) is 0 Å². The van der Waals surface area contributed by atoms with E-state index in [1.807, 2.05) is 61.5 Å². The van der Waals surface area contributed by atoms with Gasteiger partial charge in [-0.1, -0.05) is 77.8 Å². The lowest BCUT2D eigenvalue weighted by atomic mass is 10.0. The summed E-state index contributed by atoms with van der Waals surface area (Å²) in [6.45, 7) is 1.95. The number of unbranched alkanes of at least 4 members (excludes halogenated alkanes) is 1. The summed E-state index contributed by atoms with van der Waals surface area (Å²) in [5.74, 6) is -1.54. The monoisotopic (exact) mass is 617 g/mol. The van der Waals surface area contributed by atoms with Crippen LogP contribution in [0, 0.1) is 5.82 Å². The van der Waals surface area contributed by atoms with Crippen LogP contribution in [0.5, 0.6) is 0 Å². The number of rotatable bonds is 13. The minimum atomic E-state index is -3.95. The van der Waals surface area contributed by atoms with Crippen molar-refractivity contribution in [2.45, 2.75) is 38.8 Å². The zero-order chi connectivity index (χ0) is 28.4. The molecule has 3 aromatic carbocycles. The molecular weight excluding hydrogens is 585 g/mol. The summed E-state index contributed by atoms with van der Waals surface area (Å²) >= 11 is 3.45. The zero-order valence-electron chi connectivity index (χ0n) is 22.0. The maximum atomic E-state index is 14.0. The third kappa shape index (κ3) is 9.18. The topological polar surface area (TPSA) is 86.8 Å². The van der Waals surface area contributed by atoms with E-state index in [1.165, 1.54) is 23.1 Å². The first-order chi connectivity index (χ1) is 18.6. The van der Waals surface area contributed by atoms with Crippen LogP contribution in [-0.2, 0) is 32.6 Å². The van der Waals surface area contributed by atoms with Crippen LogP contribution in [0.3, 0.4) is 0 Å². The van der Waals surface area contributed by atoms with Gasteiger partial charge in [0.1, 0.15) is 18.4 Å². The van der Waals surface area contributed by atoms with Gasteiger partial charge in [0.2, 0.25) is 21.8 Å². The Kier molecular flexibility index (Phi) is 11.1. The minimum absolute atomic E-state index is 0.0280. The van der Waals surface area contributed by atoms with Crippen LogP contribution in [0.25, 0.3) is 0 Å². The largest absolute Gasteiger partial charge is 0.354 e. The second kappa shape index (κ2) is 14.2. The SMILES string of the molecule is CCCCNC(=O)C(Cc1ccccc1)N(Cc1cccc(Br)c1)C(=O)CN(c1cccc(F)c1)S(C)(=O)=O. The van der Waals surface area contributed by atoms with E-state index in [9.17, 15) is 22.4 Å². The Morgan fingerprint density at radius 1 is 0.974 bits per heavy atom. The Labute approximate surface area is 238 Å². The number of nitrogens with one attached hydrogen (secondary N) is 1. The number of anilines is 1. The number of amides is 2. The van der Waals surface area contributed by atoms with Crippen LogP contribution >= 0.6 is 15.9 Å². The number of nitrogens with zero attached hydrogens (tertiary/aromatic N) is 2. The van der Waals surface area contributed by atoms with Crippen molar-refractivity contribution in [3.8, 4) is 0 Å². The van der Waals surface area contributed by atoms with Crippen molar-refractivity contribution in [1.82, 2.24) is 10.2 Å². The molecule has 208 valence electrons. The molecule has 0 aliphatic heterocycles. The molecule has 3 rings (SSSR count). The van der Waals surface area contributed by atoms with Crippen molar-refractivity contribution in [2.75, 3.05) is 23.7 Å². The summed E-state index contributed by atoms with van der Waals surface area (Å²) < 4.78 is 41.1. The Bertz CT molecular complexity index is 1370. The second-order valence-electron chi connectivity index (χ2n) is 9.25. The van der Waals surface area contributed by atoms with Crippen LogP contribution in [0.2, 0.25) is 0 Å². The highest BCUT2D eigenvalue weighted by molar-refractivity contribution is 9.10. The van der Waals surface area contributed by atoms with Crippen molar-refractivity contribution >= 4 is 43.5 Å². The van der Waals surface area contributed by atoms with E-state index in [0.29, 0.717) is 6.54 Å². The number of carbonyl (C=O) groups excluding carboxylic acids is 2. The molecule has 0 spiro atoms. The van der Waals surface area contributed by atoms with Crippen LogP contribution in [0.1, 0.15) is 30.9 Å². The third-order valence-electron chi connectivity index (χ3n) is 6.12. The molecule has 0 saturated carbocycles. The van der Waals surface area contributed by atoms with Crippen molar-refractivity contribution in [3.05, 3.63) is 100 Å². The van der Waals surface area contributed by atoms with Crippen molar-refractivity contribution in [3.63, 3.8) is 0 Å². The van der Waals surface area contributed by atoms with E-state index in [-0.39, 0.29) is 24.6 Å². The van der Waals surface area contributed by atoms with Gasteiger partial charge in [-0.3, -0.25) is 13.9 Å². The van der Waals surface area contributed by atoms with Gasteiger partial charge in [-0.2, -0.15) is 0 Å². The Balaban J connectivity index is 2.03. The fourth-order valence-corrected chi connectivity index (χ4v) is 5.43. The van der Waals surface area contributed by atoms with Gasteiger partial charge >= 0.3 is 0 Å². The first-order valence-electron chi connectivity index (χ1n) is 12.7. The molecule has 39 heavy (non-hydrogen) atoms. The molecule has 0 bridgehead atoms. The number of halogens is 2. The summed E-state index contributed by atoms with van der Waals surface area (Å²) in [5, 5.41) is 2.94. The molecule has 0 saturated heterocycles. The van der Waals surface area contributed by atoms with Gasteiger partial charge in [0, 0.05) is 24.0 Å². The van der Waals surface area contributed by atoms with Crippen LogP contribution in [0.4, 0.5) is 10.1 Å². The lowest BCUT2D eigenvalue weighted by molar-refractivity contribution is -0.140. The van der Waals surface area contributed by atoms with E-state index >= 15 is 0 Å². The third-order valence-corrected chi connectivity index (χ3v) is 7.75. The van der Waals surface area contributed by atoms with E-state index in [0.717, 1.165) is 45.1 Å². The predicted octanol–water partition coefficient (Wildman–Crippen LogP) is 4.91. The fraction of sp³-hybridized carbons (Fsp3) is 0.310. The first kappa shape index (κ1) is 30.3. The molecule has 1 atom stereocenters. The normalized spacial score (nSPS) is 12.0. The molecule has 0 aromatic heterocycles. The van der Waals surface area contributed by atoms with E-state index < -0.39 is 34.3 Å². The molecule has 0 fully saturated rings. The molecule has 3 aromatic rings. The molecule has 2 amide bonds. The molecule has 1 unspecified atom stereocenters. The van der Waals surface area contributed by atoms with Crippen molar-refractivity contribution in [1.29, 1.82) is 0 Å². The van der Waals surface area contributed by atoms with Gasteiger partial charge in [0.05, 0.1) is 11.9 Å². The second-order valence-corrected chi connectivity index (χ2v) is 12.1. The van der Waals surface area contributed by atoms with Crippen LogP contribution in [-0.4, -0.2) is 50.5 Å². The standard InChI is InChI=1S/C29H33BrFN3O4S/c1-3-4-16-32-29(36)27(18-22-10-6-5-7-11-22)33(20-23-12-8-13-24(30)17-23)28(35)21-34(39(2,37)38)26-15-9-14-25(31)19-26/h5-15,17,19,27H,3-4,16,18,20-21H2,1-2H3,(H,32,36).